The number of carbonyl (C=O) groups excluding carboxylic acids is 1. The smallest absolute Gasteiger partial charge is 0.317 e. The zero-order valence-electron chi connectivity index (χ0n) is 7.76. The predicted octanol–water partition coefficient (Wildman–Crippen LogP) is 3.60. The molecule has 0 spiro atoms. The maximum atomic E-state index is 12.3. The van der Waals surface area contributed by atoms with Crippen LogP contribution in [-0.2, 0) is 6.18 Å². The standard InChI is InChI=1S/C9H8F3NOS/c1-15-8(14)13-7-4-2-3-6(5-7)9(10,11)12/h2-5H,1H3,(H,13,14). The fourth-order valence-electron chi connectivity index (χ4n) is 0.942. The number of benzene rings is 1. The summed E-state index contributed by atoms with van der Waals surface area (Å²) < 4.78 is 36.8. The van der Waals surface area contributed by atoms with Crippen LogP contribution in [0.2, 0.25) is 0 Å². The summed E-state index contributed by atoms with van der Waals surface area (Å²) in [5.41, 5.74) is -0.634. The molecular weight excluding hydrogens is 227 g/mol. The monoisotopic (exact) mass is 235 g/mol. The Bertz CT molecular complexity index is 365. The van der Waals surface area contributed by atoms with Crippen LogP contribution in [-0.4, -0.2) is 11.5 Å². The van der Waals surface area contributed by atoms with E-state index in [1.165, 1.54) is 12.1 Å². The van der Waals surface area contributed by atoms with E-state index in [-0.39, 0.29) is 5.69 Å². The quantitative estimate of drug-likeness (QED) is 0.805. The normalized spacial score (nSPS) is 11.2. The van der Waals surface area contributed by atoms with Crippen molar-refractivity contribution in [3.05, 3.63) is 29.8 Å². The van der Waals surface area contributed by atoms with E-state index in [0.717, 1.165) is 23.9 Å². The van der Waals surface area contributed by atoms with E-state index in [4.69, 9.17) is 0 Å². The Morgan fingerprint density at radius 2 is 2.07 bits per heavy atom. The minimum atomic E-state index is -4.39. The second-order valence-corrected chi connectivity index (χ2v) is 3.47. The molecule has 82 valence electrons. The summed E-state index contributed by atoms with van der Waals surface area (Å²) in [5, 5.41) is 1.93. The molecule has 6 heteroatoms. The second kappa shape index (κ2) is 4.57. The van der Waals surface area contributed by atoms with Crippen molar-refractivity contribution in [1.29, 1.82) is 0 Å². The lowest BCUT2D eigenvalue weighted by Gasteiger charge is -2.08. The molecule has 1 N–H and O–H groups in total. The Morgan fingerprint density at radius 1 is 1.40 bits per heavy atom. The molecule has 1 amide bonds. The summed E-state index contributed by atoms with van der Waals surface area (Å²) in [5.74, 6) is 0. The van der Waals surface area contributed by atoms with Crippen LogP contribution in [0.3, 0.4) is 0 Å². The molecule has 0 radical (unpaired) electrons. The lowest BCUT2D eigenvalue weighted by Crippen LogP contribution is -2.08. The van der Waals surface area contributed by atoms with Gasteiger partial charge in [-0.3, -0.25) is 4.79 Å². The average Bonchev–Trinajstić information content (AvgIpc) is 2.17. The number of thioether (sulfide) groups is 1. The summed E-state index contributed by atoms with van der Waals surface area (Å²) in [4.78, 5) is 10.9. The van der Waals surface area contributed by atoms with Gasteiger partial charge in [-0.15, -0.1) is 0 Å². The SMILES string of the molecule is CSC(=O)Nc1cccc(C(F)(F)F)c1. The van der Waals surface area contributed by atoms with E-state index >= 15 is 0 Å². The van der Waals surface area contributed by atoms with Gasteiger partial charge in [-0.2, -0.15) is 13.2 Å². The van der Waals surface area contributed by atoms with Crippen LogP contribution in [0.25, 0.3) is 0 Å². The molecule has 0 unspecified atom stereocenters. The van der Waals surface area contributed by atoms with E-state index in [1.807, 2.05) is 0 Å². The van der Waals surface area contributed by atoms with Crippen LogP contribution in [0, 0.1) is 0 Å². The van der Waals surface area contributed by atoms with Gasteiger partial charge in [0.25, 0.3) is 5.24 Å². The topological polar surface area (TPSA) is 29.1 Å². The Labute approximate surface area is 88.9 Å². The fraction of sp³-hybridized carbons (Fsp3) is 0.222. The number of hydrogen-bond donors (Lipinski definition) is 1. The van der Waals surface area contributed by atoms with Gasteiger partial charge in [0.2, 0.25) is 0 Å². The van der Waals surface area contributed by atoms with Crippen molar-refractivity contribution in [1.82, 2.24) is 0 Å². The summed E-state index contributed by atoms with van der Waals surface area (Å²) in [6.07, 6.45) is -2.84. The Kier molecular flexibility index (Phi) is 3.62. The number of halogens is 3. The molecule has 0 heterocycles. The molecular formula is C9H8F3NOS. The molecule has 0 aliphatic rings. The van der Waals surface area contributed by atoms with Crippen molar-refractivity contribution in [3.63, 3.8) is 0 Å². The van der Waals surface area contributed by atoms with Gasteiger partial charge in [-0.1, -0.05) is 17.8 Å². The number of amides is 1. The third kappa shape index (κ3) is 3.47. The molecule has 0 saturated heterocycles. The molecule has 2 nitrogen and oxygen atoms in total. The third-order valence-corrected chi connectivity index (χ3v) is 2.09. The van der Waals surface area contributed by atoms with E-state index in [0.29, 0.717) is 0 Å². The van der Waals surface area contributed by atoms with Crippen LogP contribution >= 0.6 is 11.8 Å². The summed E-state index contributed by atoms with van der Waals surface area (Å²) >= 11 is 0.902. The number of anilines is 1. The lowest BCUT2D eigenvalue weighted by molar-refractivity contribution is -0.137. The van der Waals surface area contributed by atoms with Crippen LogP contribution in [0.4, 0.5) is 23.7 Å². The molecule has 0 saturated carbocycles. The molecule has 0 aliphatic heterocycles. The average molecular weight is 235 g/mol. The second-order valence-electron chi connectivity index (χ2n) is 2.70. The predicted molar refractivity (Wildman–Crippen MR) is 54.0 cm³/mol. The minimum absolute atomic E-state index is 0.143. The lowest BCUT2D eigenvalue weighted by atomic mass is 10.2. The first-order valence-electron chi connectivity index (χ1n) is 3.95. The first kappa shape index (κ1) is 11.9. The fourth-order valence-corrected chi connectivity index (χ4v) is 1.16. The van der Waals surface area contributed by atoms with Gasteiger partial charge in [0.15, 0.2) is 0 Å². The zero-order chi connectivity index (χ0) is 11.5. The van der Waals surface area contributed by atoms with Crippen molar-refractivity contribution < 1.29 is 18.0 Å². The van der Waals surface area contributed by atoms with Crippen molar-refractivity contribution in [3.8, 4) is 0 Å². The zero-order valence-corrected chi connectivity index (χ0v) is 8.58. The van der Waals surface area contributed by atoms with Crippen molar-refractivity contribution in [2.45, 2.75) is 6.18 Å². The number of hydrogen-bond acceptors (Lipinski definition) is 2. The summed E-state index contributed by atoms with van der Waals surface area (Å²) in [7, 11) is 0. The number of carbonyl (C=O) groups is 1. The van der Waals surface area contributed by atoms with Gasteiger partial charge in [0.05, 0.1) is 5.56 Å². The molecule has 1 rings (SSSR count). The highest BCUT2D eigenvalue weighted by Gasteiger charge is 2.30. The highest BCUT2D eigenvalue weighted by molar-refractivity contribution is 8.13. The Hall–Kier alpha value is -1.17. The highest BCUT2D eigenvalue weighted by atomic mass is 32.2. The molecule has 15 heavy (non-hydrogen) atoms. The third-order valence-electron chi connectivity index (χ3n) is 1.62. The van der Waals surface area contributed by atoms with Gasteiger partial charge in [0.1, 0.15) is 0 Å². The Balaban J connectivity index is 2.88. The van der Waals surface area contributed by atoms with Crippen molar-refractivity contribution >= 4 is 22.7 Å². The molecule has 0 fully saturated rings. The molecule has 0 bridgehead atoms. The highest BCUT2D eigenvalue weighted by Crippen LogP contribution is 2.30. The van der Waals surface area contributed by atoms with Gasteiger partial charge in [-0.25, -0.2) is 0 Å². The van der Waals surface area contributed by atoms with E-state index in [1.54, 1.807) is 6.26 Å². The maximum absolute atomic E-state index is 12.3. The molecule has 0 atom stereocenters. The van der Waals surface area contributed by atoms with E-state index in [2.05, 4.69) is 5.32 Å². The summed E-state index contributed by atoms with van der Waals surface area (Å²) in [6.45, 7) is 0. The molecule has 0 aliphatic carbocycles. The molecule has 0 aromatic heterocycles. The van der Waals surface area contributed by atoms with Crippen LogP contribution in [0.5, 0.6) is 0 Å². The van der Waals surface area contributed by atoms with Crippen molar-refractivity contribution in [2.75, 3.05) is 11.6 Å². The molecule has 1 aromatic carbocycles. The van der Waals surface area contributed by atoms with Gasteiger partial charge in [-0.05, 0) is 24.5 Å². The van der Waals surface area contributed by atoms with Gasteiger partial charge in [0, 0.05) is 5.69 Å². The Morgan fingerprint density at radius 3 is 2.60 bits per heavy atom. The van der Waals surface area contributed by atoms with Crippen LogP contribution in [0.1, 0.15) is 5.56 Å². The van der Waals surface area contributed by atoms with Crippen LogP contribution < -0.4 is 5.32 Å². The van der Waals surface area contributed by atoms with E-state index < -0.39 is 17.0 Å². The minimum Gasteiger partial charge on any atom is -0.317 e. The number of nitrogens with one attached hydrogen (secondary N) is 1. The van der Waals surface area contributed by atoms with E-state index in [9.17, 15) is 18.0 Å². The maximum Gasteiger partial charge on any atom is 0.416 e. The van der Waals surface area contributed by atoms with Crippen molar-refractivity contribution in [2.24, 2.45) is 0 Å². The van der Waals surface area contributed by atoms with Gasteiger partial charge >= 0.3 is 6.18 Å². The number of alkyl halides is 3. The van der Waals surface area contributed by atoms with Gasteiger partial charge < -0.3 is 5.32 Å². The van der Waals surface area contributed by atoms with Crippen LogP contribution in [0.15, 0.2) is 24.3 Å². The number of rotatable bonds is 1. The first-order chi connectivity index (χ1) is 6.93. The first-order valence-corrected chi connectivity index (χ1v) is 5.18. The summed E-state index contributed by atoms with van der Waals surface area (Å²) in [6, 6.07) is 4.50. The molecule has 1 aromatic rings. The largest absolute Gasteiger partial charge is 0.416 e.